The van der Waals surface area contributed by atoms with Gasteiger partial charge in [-0.2, -0.15) is 0 Å². The van der Waals surface area contributed by atoms with Crippen LogP contribution in [0.2, 0.25) is 0 Å². The average Bonchev–Trinajstić information content (AvgIpc) is 1.89. The largest absolute Gasteiger partial charge is 0.405 e. The van der Waals surface area contributed by atoms with Gasteiger partial charge in [-0.3, -0.25) is 4.79 Å². The Hall–Kier alpha value is -0.990. The molecule has 0 unspecified atom stereocenters. The maximum Gasteiger partial charge on any atom is 0.219 e. The molecule has 0 rings (SSSR count). The SMILES string of the molecule is CCC(=O)NCC=CN. The molecule has 9 heavy (non-hydrogen) atoms. The molecule has 0 bridgehead atoms. The summed E-state index contributed by atoms with van der Waals surface area (Å²) in [6.07, 6.45) is 3.63. The van der Waals surface area contributed by atoms with E-state index in [9.17, 15) is 4.79 Å². The molecule has 0 spiro atoms. The lowest BCUT2D eigenvalue weighted by Gasteiger charge is -1.95. The van der Waals surface area contributed by atoms with Gasteiger partial charge in [0.05, 0.1) is 0 Å². The molecule has 0 aromatic rings. The Morgan fingerprint density at radius 3 is 2.89 bits per heavy atom. The molecule has 1 amide bonds. The van der Waals surface area contributed by atoms with Crippen LogP contribution in [0.15, 0.2) is 12.3 Å². The third-order valence-electron chi connectivity index (χ3n) is 0.874. The molecule has 0 atom stereocenters. The van der Waals surface area contributed by atoms with E-state index < -0.39 is 0 Å². The minimum Gasteiger partial charge on any atom is -0.405 e. The van der Waals surface area contributed by atoms with Crippen molar-refractivity contribution in [3.8, 4) is 0 Å². The van der Waals surface area contributed by atoms with Crippen LogP contribution in [0.1, 0.15) is 13.3 Å². The van der Waals surface area contributed by atoms with Crippen molar-refractivity contribution < 1.29 is 4.79 Å². The van der Waals surface area contributed by atoms with Gasteiger partial charge in [0.2, 0.25) is 5.91 Å². The lowest BCUT2D eigenvalue weighted by atomic mass is 10.4. The molecular weight excluding hydrogens is 116 g/mol. The van der Waals surface area contributed by atoms with Gasteiger partial charge in [0.25, 0.3) is 0 Å². The zero-order valence-electron chi connectivity index (χ0n) is 5.55. The summed E-state index contributed by atoms with van der Waals surface area (Å²) in [7, 11) is 0. The number of carbonyl (C=O) groups excluding carboxylic acids is 1. The highest BCUT2D eigenvalue weighted by molar-refractivity contribution is 5.75. The van der Waals surface area contributed by atoms with Crippen LogP contribution < -0.4 is 11.1 Å². The highest BCUT2D eigenvalue weighted by atomic mass is 16.1. The van der Waals surface area contributed by atoms with Crippen LogP contribution in [0.5, 0.6) is 0 Å². The van der Waals surface area contributed by atoms with Crippen LogP contribution >= 0.6 is 0 Å². The number of rotatable bonds is 3. The van der Waals surface area contributed by atoms with E-state index in [0.717, 1.165) is 0 Å². The molecule has 52 valence electrons. The van der Waals surface area contributed by atoms with E-state index in [1.165, 1.54) is 6.20 Å². The van der Waals surface area contributed by atoms with Crippen molar-refractivity contribution in [2.24, 2.45) is 5.73 Å². The first-order valence-corrected chi connectivity index (χ1v) is 2.94. The van der Waals surface area contributed by atoms with E-state index in [1.807, 2.05) is 6.92 Å². The van der Waals surface area contributed by atoms with Crippen molar-refractivity contribution in [1.29, 1.82) is 0 Å². The summed E-state index contributed by atoms with van der Waals surface area (Å²) >= 11 is 0. The number of nitrogens with one attached hydrogen (secondary N) is 1. The Morgan fingerprint density at radius 1 is 1.78 bits per heavy atom. The standard InChI is InChI=1S/C6H12N2O/c1-2-6(9)8-5-3-4-7/h3-4H,2,5,7H2,1H3,(H,8,9). The number of hydrogen-bond acceptors (Lipinski definition) is 2. The highest BCUT2D eigenvalue weighted by Crippen LogP contribution is 1.73. The molecular formula is C6H12N2O. The van der Waals surface area contributed by atoms with Gasteiger partial charge in [0.1, 0.15) is 0 Å². The number of amides is 1. The second kappa shape index (κ2) is 5.15. The minimum atomic E-state index is 0.0492. The molecule has 0 fully saturated rings. The predicted octanol–water partition coefficient (Wildman–Crippen LogP) is -0.0150. The molecule has 0 aromatic carbocycles. The third-order valence-corrected chi connectivity index (χ3v) is 0.874. The molecule has 0 aromatic heterocycles. The first-order valence-electron chi connectivity index (χ1n) is 2.94. The molecule has 3 heteroatoms. The Kier molecular flexibility index (Phi) is 4.59. The summed E-state index contributed by atoms with van der Waals surface area (Å²) in [4.78, 5) is 10.5. The van der Waals surface area contributed by atoms with Gasteiger partial charge in [0.15, 0.2) is 0 Å². The van der Waals surface area contributed by atoms with Crippen LogP contribution in [-0.4, -0.2) is 12.5 Å². The van der Waals surface area contributed by atoms with E-state index in [2.05, 4.69) is 5.32 Å². The Morgan fingerprint density at radius 2 is 2.44 bits per heavy atom. The topological polar surface area (TPSA) is 55.1 Å². The fraction of sp³-hybridized carbons (Fsp3) is 0.500. The van der Waals surface area contributed by atoms with Crippen LogP contribution in [0, 0.1) is 0 Å². The second-order valence-corrected chi connectivity index (χ2v) is 1.59. The highest BCUT2D eigenvalue weighted by Gasteiger charge is 1.89. The van der Waals surface area contributed by atoms with Crippen molar-refractivity contribution in [1.82, 2.24) is 5.32 Å². The summed E-state index contributed by atoms with van der Waals surface area (Å²) in [5, 5.41) is 2.63. The van der Waals surface area contributed by atoms with Crippen molar-refractivity contribution in [2.75, 3.05) is 6.54 Å². The second-order valence-electron chi connectivity index (χ2n) is 1.59. The smallest absolute Gasteiger partial charge is 0.219 e. The zero-order valence-corrected chi connectivity index (χ0v) is 5.55. The van der Waals surface area contributed by atoms with Gasteiger partial charge in [0, 0.05) is 13.0 Å². The van der Waals surface area contributed by atoms with E-state index in [1.54, 1.807) is 6.08 Å². The van der Waals surface area contributed by atoms with Crippen molar-refractivity contribution in [3.05, 3.63) is 12.3 Å². The summed E-state index contributed by atoms with van der Waals surface area (Å²) < 4.78 is 0. The first kappa shape index (κ1) is 8.01. The van der Waals surface area contributed by atoms with Crippen molar-refractivity contribution >= 4 is 5.91 Å². The maximum absolute atomic E-state index is 10.5. The summed E-state index contributed by atoms with van der Waals surface area (Å²) in [5.74, 6) is 0.0492. The molecule has 0 aliphatic carbocycles. The molecule has 0 aliphatic rings. The Balaban J connectivity index is 3.17. The molecule has 3 nitrogen and oxygen atoms in total. The molecule has 0 saturated heterocycles. The summed E-state index contributed by atoms with van der Waals surface area (Å²) in [6.45, 7) is 2.34. The zero-order chi connectivity index (χ0) is 7.11. The van der Waals surface area contributed by atoms with Gasteiger partial charge < -0.3 is 11.1 Å². The summed E-state index contributed by atoms with van der Waals surface area (Å²) in [5.41, 5.74) is 5.02. The maximum atomic E-state index is 10.5. The Labute approximate surface area is 54.9 Å². The number of nitrogens with two attached hydrogens (primary N) is 1. The van der Waals surface area contributed by atoms with E-state index in [-0.39, 0.29) is 5.91 Å². The summed E-state index contributed by atoms with van der Waals surface area (Å²) in [6, 6.07) is 0. The van der Waals surface area contributed by atoms with Gasteiger partial charge >= 0.3 is 0 Å². The van der Waals surface area contributed by atoms with Gasteiger partial charge in [-0.15, -0.1) is 0 Å². The first-order chi connectivity index (χ1) is 4.31. The lowest BCUT2D eigenvalue weighted by molar-refractivity contribution is -0.120. The van der Waals surface area contributed by atoms with Gasteiger partial charge in [-0.1, -0.05) is 6.92 Å². The van der Waals surface area contributed by atoms with Crippen LogP contribution in [-0.2, 0) is 4.79 Å². The molecule has 0 aliphatic heterocycles. The quantitative estimate of drug-likeness (QED) is 0.561. The monoisotopic (exact) mass is 128 g/mol. The fourth-order valence-electron chi connectivity index (χ4n) is 0.366. The van der Waals surface area contributed by atoms with Crippen LogP contribution in [0.4, 0.5) is 0 Å². The third kappa shape index (κ3) is 4.87. The normalized spacial score (nSPS) is 9.89. The molecule has 0 heterocycles. The Bertz CT molecular complexity index is 110. The fourth-order valence-corrected chi connectivity index (χ4v) is 0.366. The van der Waals surface area contributed by atoms with Crippen molar-refractivity contribution in [2.45, 2.75) is 13.3 Å². The van der Waals surface area contributed by atoms with E-state index >= 15 is 0 Å². The number of hydrogen-bond donors (Lipinski definition) is 2. The van der Waals surface area contributed by atoms with E-state index in [4.69, 9.17) is 5.73 Å². The average molecular weight is 128 g/mol. The van der Waals surface area contributed by atoms with Crippen molar-refractivity contribution in [3.63, 3.8) is 0 Å². The van der Waals surface area contributed by atoms with Crippen LogP contribution in [0.25, 0.3) is 0 Å². The van der Waals surface area contributed by atoms with Gasteiger partial charge in [-0.05, 0) is 12.3 Å². The number of carbonyl (C=O) groups is 1. The lowest BCUT2D eigenvalue weighted by Crippen LogP contribution is -2.21. The molecule has 0 radical (unpaired) electrons. The molecule has 0 saturated carbocycles. The minimum absolute atomic E-state index is 0.0492. The molecule has 3 N–H and O–H groups in total. The predicted molar refractivity (Wildman–Crippen MR) is 36.6 cm³/mol. The van der Waals surface area contributed by atoms with Gasteiger partial charge in [-0.25, -0.2) is 0 Å². The van der Waals surface area contributed by atoms with E-state index in [0.29, 0.717) is 13.0 Å². The van der Waals surface area contributed by atoms with Crippen LogP contribution in [0.3, 0.4) is 0 Å².